The maximum Gasteiger partial charge on any atom is 0.409 e. The highest BCUT2D eigenvalue weighted by atomic mass is 16.5. The Morgan fingerprint density at radius 2 is 1.54 bits per heavy atom. The van der Waals surface area contributed by atoms with Crippen molar-refractivity contribution in [1.82, 2.24) is 9.80 Å². The topological polar surface area (TPSA) is 59.1 Å². The minimum absolute atomic E-state index is 0.0241. The van der Waals surface area contributed by atoms with Gasteiger partial charge in [0.25, 0.3) is 5.91 Å². The van der Waals surface area contributed by atoms with Crippen LogP contribution in [0.1, 0.15) is 37.6 Å². The minimum atomic E-state index is -0.340. The molecule has 0 spiro atoms. The van der Waals surface area contributed by atoms with Crippen molar-refractivity contribution in [1.29, 1.82) is 0 Å². The van der Waals surface area contributed by atoms with Gasteiger partial charge in [0, 0.05) is 31.7 Å². The molecule has 1 aliphatic heterocycles. The van der Waals surface area contributed by atoms with Crippen LogP contribution in [0, 0.1) is 0 Å². The summed E-state index contributed by atoms with van der Waals surface area (Å²) < 4.78 is 10.5. The lowest BCUT2D eigenvalue weighted by atomic mass is 10.1. The molecule has 0 bridgehead atoms. The highest BCUT2D eigenvalue weighted by molar-refractivity contribution is 5.94. The number of carbonyl (C=O) groups is 2. The van der Waals surface area contributed by atoms with E-state index in [0.717, 1.165) is 12.2 Å². The standard InChI is InChI=1S/C18H26N2O4/c1-18(2,3)24-15-8-6-14(7-9-15)16(21)19-10-5-11-20(13-12-19)17(22)23-4/h6-9H,5,10-13H2,1-4H3. The van der Waals surface area contributed by atoms with Crippen LogP contribution in [0.3, 0.4) is 0 Å². The lowest BCUT2D eigenvalue weighted by Crippen LogP contribution is -2.37. The summed E-state index contributed by atoms with van der Waals surface area (Å²) in [6.45, 7) is 8.18. The number of amides is 2. The van der Waals surface area contributed by atoms with Gasteiger partial charge in [-0.2, -0.15) is 0 Å². The molecule has 6 nitrogen and oxygen atoms in total. The van der Waals surface area contributed by atoms with Gasteiger partial charge in [0.15, 0.2) is 0 Å². The van der Waals surface area contributed by atoms with Gasteiger partial charge in [-0.05, 0) is 51.5 Å². The summed E-state index contributed by atoms with van der Waals surface area (Å²) in [5, 5.41) is 0. The average Bonchev–Trinajstić information content (AvgIpc) is 2.78. The van der Waals surface area contributed by atoms with E-state index in [4.69, 9.17) is 9.47 Å². The molecule has 2 amide bonds. The number of benzene rings is 1. The number of methoxy groups -OCH3 is 1. The zero-order valence-corrected chi connectivity index (χ0v) is 14.9. The number of ether oxygens (including phenoxy) is 2. The number of rotatable bonds is 2. The Hall–Kier alpha value is -2.24. The minimum Gasteiger partial charge on any atom is -0.488 e. The highest BCUT2D eigenvalue weighted by Crippen LogP contribution is 2.19. The number of hydrogen-bond donors (Lipinski definition) is 0. The fraction of sp³-hybridized carbons (Fsp3) is 0.556. The summed E-state index contributed by atoms with van der Waals surface area (Å²) in [7, 11) is 1.37. The first-order valence-corrected chi connectivity index (χ1v) is 8.21. The highest BCUT2D eigenvalue weighted by Gasteiger charge is 2.23. The van der Waals surface area contributed by atoms with Gasteiger partial charge < -0.3 is 19.3 Å². The van der Waals surface area contributed by atoms with E-state index in [1.54, 1.807) is 21.9 Å². The molecular formula is C18H26N2O4. The van der Waals surface area contributed by atoms with E-state index in [2.05, 4.69) is 0 Å². The molecule has 2 rings (SSSR count). The zero-order chi connectivity index (χ0) is 17.7. The predicted octanol–water partition coefficient (Wildman–Crippen LogP) is 2.78. The number of carbonyl (C=O) groups excluding carboxylic acids is 2. The molecule has 0 saturated carbocycles. The van der Waals surface area contributed by atoms with Gasteiger partial charge in [0.2, 0.25) is 0 Å². The average molecular weight is 334 g/mol. The Bertz CT molecular complexity index is 578. The molecule has 0 N–H and O–H groups in total. The van der Waals surface area contributed by atoms with Crippen molar-refractivity contribution >= 4 is 12.0 Å². The van der Waals surface area contributed by atoms with Crippen molar-refractivity contribution in [3.63, 3.8) is 0 Å². The van der Waals surface area contributed by atoms with Crippen molar-refractivity contribution in [3.8, 4) is 5.75 Å². The van der Waals surface area contributed by atoms with Crippen LogP contribution in [-0.2, 0) is 4.74 Å². The smallest absolute Gasteiger partial charge is 0.409 e. The fourth-order valence-corrected chi connectivity index (χ4v) is 2.63. The summed E-state index contributed by atoms with van der Waals surface area (Å²) in [6, 6.07) is 7.20. The summed E-state index contributed by atoms with van der Waals surface area (Å²) in [6.07, 6.45) is 0.402. The summed E-state index contributed by atoms with van der Waals surface area (Å²) in [5.41, 5.74) is 0.357. The molecule has 0 atom stereocenters. The van der Waals surface area contributed by atoms with Gasteiger partial charge in [0.05, 0.1) is 7.11 Å². The van der Waals surface area contributed by atoms with E-state index in [-0.39, 0.29) is 17.6 Å². The summed E-state index contributed by atoms with van der Waals surface area (Å²) in [5.74, 6) is 0.718. The van der Waals surface area contributed by atoms with Gasteiger partial charge in [-0.3, -0.25) is 4.79 Å². The lowest BCUT2D eigenvalue weighted by Gasteiger charge is -2.23. The van der Waals surface area contributed by atoms with Crippen LogP contribution in [0.4, 0.5) is 4.79 Å². The number of nitrogens with zero attached hydrogens (tertiary/aromatic N) is 2. The molecule has 1 aromatic rings. The second-order valence-corrected chi connectivity index (χ2v) is 6.84. The maximum atomic E-state index is 12.6. The van der Waals surface area contributed by atoms with Crippen LogP contribution in [0.2, 0.25) is 0 Å². The lowest BCUT2D eigenvalue weighted by molar-refractivity contribution is 0.0757. The second kappa shape index (κ2) is 7.55. The van der Waals surface area contributed by atoms with E-state index >= 15 is 0 Å². The van der Waals surface area contributed by atoms with E-state index < -0.39 is 0 Å². The third kappa shape index (κ3) is 4.88. The van der Waals surface area contributed by atoms with E-state index in [1.807, 2.05) is 32.9 Å². The Balaban J connectivity index is 1.99. The normalized spacial score (nSPS) is 15.7. The van der Waals surface area contributed by atoms with Crippen molar-refractivity contribution in [2.75, 3.05) is 33.3 Å². The van der Waals surface area contributed by atoms with Crippen LogP contribution in [0.25, 0.3) is 0 Å². The third-order valence-corrected chi connectivity index (χ3v) is 3.74. The first-order chi connectivity index (χ1) is 11.3. The van der Waals surface area contributed by atoms with Gasteiger partial charge >= 0.3 is 6.09 Å². The summed E-state index contributed by atoms with van der Waals surface area (Å²) >= 11 is 0. The number of hydrogen-bond acceptors (Lipinski definition) is 4. The molecule has 1 aliphatic rings. The molecule has 6 heteroatoms. The molecule has 1 saturated heterocycles. The SMILES string of the molecule is COC(=O)N1CCCN(C(=O)c2ccc(OC(C)(C)C)cc2)CC1. The van der Waals surface area contributed by atoms with Crippen LogP contribution >= 0.6 is 0 Å². The van der Waals surface area contributed by atoms with Gasteiger partial charge in [-0.15, -0.1) is 0 Å². The molecule has 0 unspecified atom stereocenters. The Morgan fingerprint density at radius 1 is 0.958 bits per heavy atom. The zero-order valence-electron chi connectivity index (χ0n) is 14.9. The van der Waals surface area contributed by atoms with Gasteiger partial charge in [0.1, 0.15) is 11.4 Å². The largest absolute Gasteiger partial charge is 0.488 e. The molecular weight excluding hydrogens is 308 g/mol. The van der Waals surface area contributed by atoms with Crippen LogP contribution < -0.4 is 4.74 Å². The van der Waals surface area contributed by atoms with Crippen LogP contribution in [0.5, 0.6) is 5.75 Å². The van der Waals surface area contributed by atoms with Gasteiger partial charge in [-0.1, -0.05) is 0 Å². The van der Waals surface area contributed by atoms with Crippen molar-refractivity contribution in [2.24, 2.45) is 0 Å². The Labute approximate surface area is 143 Å². The Kier molecular flexibility index (Phi) is 5.70. The van der Waals surface area contributed by atoms with E-state index in [9.17, 15) is 9.59 Å². The molecule has 1 heterocycles. The molecule has 0 aromatic heterocycles. The second-order valence-electron chi connectivity index (χ2n) is 6.84. The first-order valence-electron chi connectivity index (χ1n) is 8.21. The van der Waals surface area contributed by atoms with E-state index in [1.165, 1.54) is 7.11 Å². The van der Waals surface area contributed by atoms with Crippen LogP contribution in [0.15, 0.2) is 24.3 Å². The third-order valence-electron chi connectivity index (χ3n) is 3.74. The van der Waals surface area contributed by atoms with Crippen molar-refractivity contribution in [2.45, 2.75) is 32.8 Å². The molecule has 24 heavy (non-hydrogen) atoms. The fourth-order valence-electron chi connectivity index (χ4n) is 2.63. The van der Waals surface area contributed by atoms with Gasteiger partial charge in [-0.25, -0.2) is 4.79 Å². The summed E-state index contributed by atoms with van der Waals surface area (Å²) in [4.78, 5) is 27.7. The Morgan fingerprint density at radius 3 is 2.12 bits per heavy atom. The first kappa shape index (κ1) is 18.1. The predicted molar refractivity (Wildman–Crippen MR) is 91.3 cm³/mol. The molecule has 0 radical (unpaired) electrons. The molecule has 0 aliphatic carbocycles. The van der Waals surface area contributed by atoms with Crippen molar-refractivity contribution in [3.05, 3.63) is 29.8 Å². The monoisotopic (exact) mass is 334 g/mol. The molecule has 1 aromatic carbocycles. The van der Waals surface area contributed by atoms with Crippen molar-refractivity contribution < 1.29 is 19.1 Å². The van der Waals surface area contributed by atoms with E-state index in [0.29, 0.717) is 31.7 Å². The van der Waals surface area contributed by atoms with Crippen LogP contribution in [-0.4, -0.2) is 60.7 Å². The maximum absolute atomic E-state index is 12.6. The molecule has 1 fully saturated rings. The molecule has 132 valence electrons. The quantitative estimate of drug-likeness (QED) is 0.834.